The number of hydrogen-bond donors (Lipinski definition) is 0. The summed E-state index contributed by atoms with van der Waals surface area (Å²) < 4.78 is 39.8. The van der Waals surface area contributed by atoms with Crippen LogP contribution in [0.25, 0.3) is 0 Å². The van der Waals surface area contributed by atoms with Crippen LogP contribution in [0.2, 0.25) is 0 Å². The van der Waals surface area contributed by atoms with E-state index in [9.17, 15) is 13.2 Å². The number of halogens is 4. The molecule has 0 bridgehead atoms. The van der Waals surface area contributed by atoms with E-state index in [0.717, 1.165) is 25.7 Å². The van der Waals surface area contributed by atoms with Crippen LogP contribution in [0.4, 0.5) is 13.2 Å². The molecule has 1 rings (SSSR count). The van der Waals surface area contributed by atoms with Crippen molar-refractivity contribution in [3.8, 4) is 0 Å². The van der Waals surface area contributed by atoms with E-state index in [0.29, 0.717) is 12.3 Å². The second kappa shape index (κ2) is 5.94. The molecule has 1 aliphatic rings. The van der Waals surface area contributed by atoms with Gasteiger partial charge in [-0.1, -0.05) is 12.8 Å². The van der Waals surface area contributed by atoms with Crippen LogP contribution in [0, 0.1) is 5.92 Å². The lowest BCUT2D eigenvalue weighted by Crippen LogP contribution is -2.23. The monoisotopic (exact) mass is 244 g/mol. The summed E-state index contributed by atoms with van der Waals surface area (Å²) in [6, 6.07) is 0. The topological polar surface area (TPSA) is 9.23 Å². The van der Waals surface area contributed by atoms with Crippen LogP contribution in [0.3, 0.4) is 0 Å². The Labute approximate surface area is 92.9 Å². The first-order valence-corrected chi connectivity index (χ1v) is 5.71. The zero-order chi connectivity index (χ0) is 11.3. The third-order valence-corrected chi connectivity index (χ3v) is 3.29. The third kappa shape index (κ3) is 5.61. The minimum atomic E-state index is -4.22. The molecule has 0 heterocycles. The highest BCUT2D eigenvalue weighted by Crippen LogP contribution is 2.30. The highest BCUT2D eigenvalue weighted by atomic mass is 35.5. The Hall–Kier alpha value is 0.0400. The van der Waals surface area contributed by atoms with E-state index >= 15 is 0 Å². The van der Waals surface area contributed by atoms with Gasteiger partial charge >= 0.3 is 6.18 Å². The summed E-state index contributed by atoms with van der Waals surface area (Å²) in [7, 11) is 0. The lowest BCUT2D eigenvalue weighted by atomic mass is 9.87. The summed E-state index contributed by atoms with van der Waals surface area (Å²) >= 11 is 6.07. The Morgan fingerprint density at radius 1 is 1.20 bits per heavy atom. The molecule has 0 aromatic rings. The Bertz CT molecular complexity index is 184. The molecule has 0 N–H and O–H groups in total. The molecule has 15 heavy (non-hydrogen) atoms. The molecule has 90 valence electrons. The molecule has 5 heteroatoms. The van der Waals surface area contributed by atoms with E-state index in [-0.39, 0.29) is 12.0 Å². The van der Waals surface area contributed by atoms with Crippen molar-refractivity contribution < 1.29 is 17.9 Å². The molecule has 2 atom stereocenters. The largest absolute Gasteiger partial charge is 0.411 e. The van der Waals surface area contributed by atoms with E-state index in [1.165, 1.54) is 0 Å². The van der Waals surface area contributed by atoms with Gasteiger partial charge in [0.15, 0.2) is 0 Å². The summed E-state index contributed by atoms with van der Waals surface area (Å²) in [5.41, 5.74) is 0. The third-order valence-electron chi connectivity index (χ3n) is 2.72. The van der Waals surface area contributed by atoms with Crippen molar-refractivity contribution in [3.63, 3.8) is 0 Å². The molecule has 1 fully saturated rings. The predicted molar refractivity (Wildman–Crippen MR) is 53.1 cm³/mol. The molecule has 1 nitrogen and oxygen atoms in total. The van der Waals surface area contributed by atoms with Gasteiger partial charge in [-0.2, -0.15) is 13.2 Å². The lowest BCUT2D eigenvalue weighted by molar-refractivity contribution is -0.174. The van der Waals surface area contributed by atoms with Crippen molar-refractivity contribution in [2.75, 3.05) is 13.2 Å². The number of alkyl halides is 4. The van der Waals surface area contributed by atoms with E-state index in [4.69, 9.17) is 11.6 Å². The van der Waals surface area contributed by atoms with Crippen LogP contribution < -0.4 is 0 Å². The van der Waals surface area contributed by atoms with Crippen LogP contribution in [-0.2, 0) is 4.74 Å². The smallest absolute Gasteiger partial charge is 0.372 e. The van der Waals surface area contributed by atoms with Gasteiger partial charge < -0.3 is 4.74 Å². The van der Waals surface area contributed by atoms with Gasteiger partial charge in [-0.05, 0) is 25.2 Å². The molecule has 1 saturated carbocycles. The van der Waals surface area contributed by atoms with Gasteiger partial charge in [-0.3, -0.25) is 0 Å². The van der Waals surface area contributed by atoms with Gasteiger partial charge in [0.25, 0.3) is 0 Å². The first kappa shape index (κ1) is 13.1. The fourth-order valence-electron chi connectivity index (χ4n) is 1.91. The van der Waals surface area contributed by atoms with Gasteiger partial charge in [0.05, 0.1) is 0 Å². The number of ether oxygens (including phenoxy) is 1. The van der Waals surface area contributed by atoms with Crippen LogP contribution in [0.1, 0.15) is 32.1 Å². The summed E-state index contributed by atoms with van der Waals surface area (Å²) in [5, 5.41) is 0.119. The van der Waals surface area contributed by atoms with E-state index < -0.39 is 12.8 Å². The van der Waals surface area contributed by atoms with Gasteiger partial charge in [0.1, 0.15) is 6.61 Å². The highest BCUT2D eigenvalue weighted by Gasteiger charge is 2.28. The zero-order valence-corrected chi connectivity index (χ0v) is 9.28. The molecule has 0 aliphatic heterocycles. The fourth-order valence-corrected chi connectivity index (χ4v) is 2.32. The van der Waals surface area contributed by atoms with Crippen molar-refractivity contribution in [2.24, 2.45) is 5.92 Å². The Morgan fingerprint density at radius 3 is 2.47 bits per heavy atom. The number of rotatable bonds is 4. The minimum absolute atomic E-state index is 0.119. The standard InChI is InChI=1S/C10H16ClF3O/c11-9-4-2-1-3-8(9)5-6-15-7-10(12,13)14/h8-9H,1-7H2. The summed E-state index contributed by atoms with van der Waals surface area (Å²) in [6.45, 7) is -0.986. The maximum absolute atomic E-state index is 11.7. The van der Waals surface area contributed by atoms with Crippen LogP contribution in [0.5, 0.6) is 0 Å². The summed E-state index contributed by atoms with van der Waals surface area (Å²) in [6.07, 6.45) is 0.688. The zero-order valence-electron chi connectivity index (χ0n) is 8.52. The lowest BCUT2D eigenvalue weighted by Gasteiger charge is -2.26. The van der Waals surface area contributed by atoms with Gasteiger partial charge in [0.2, 0.25) is 0 Å². The second-order valence-electron chi connectivity index (χ2n) is 4.02. The van der Waals surface area contributed by atoms with Crippen molar-refractivity contribution in [2.45, 2.75) is 43.7 Å². The van der Waals surface area contributed by atoms with Gasteiger partial charge in [0, 0.05) is 12.0 Å². The maximum Gasteiger partial charge on any atom is 0.411 e. The van der Waals surface area contributed by atoms with Crippen molar-refractivity contribution in [1.29, 1.82) is 0 Å². The Morgan fingerprint density at radius 2 is 1.87 bits per heavy atom. The minimum Gasteiger partial charge on any atom is -0.372 e. The van der Waals surface area contributed by atoms with Crippen molar-refractivity contribution >= 4 is 11.6 Å². The average Bonchev–Trinajstić information content (AvgIpc) is 2.13. The average molecular weight is 245 g/mol. The molecule has 0 aromatic carbocycles. The van der Waals surface area contributed by atoms with Gasteiger partial charge in [-0.25, -0.2) is 0 Å². The molecule has 0 amide bonds. The Balaban J connectivity index is 2.08. The Kier molecular flexibility index (Phi) is 5.19. The molecule has 0 spiro atoms. The van der Waals surface area contributed by atoms with E-state index in [1.54, 1.807) is 0 Å². The maximum atomic E-state index is 11.7. The predicted octanol–water partition coefficient (Wildman–Crippen LogP) is 3.75. The summed E-state index contributed by atoms with van der Waals surface area (Å²) in [4.78, 5) is 0. The van der Waals surface area contributed by atoms with Crippen LogP contribution in [-0.4, -0.2) is 24.8 Å². The van der Waals surface area contributed by atoms with Crippen molar-refractivity contribution in [3.05, 3.63) is 0 Å². The van der Waals surface area contributed by atoms with Crippen LogP contribution >= 0.6 is 11.6 Å². The second-order valence-corrected chi connectivity index (χ2v) is 4.58. The van der Waals surface area contributed by atoms with E-state index in [1.807, 2.05) is 0 Å². The fraction of sp³-hybridized carbons (Fsp3) is 1.00. The molecule has 0 radical (unpaired) electrons. The number of hydrogen-bond acceptors (Lipinski definition) is 1. The molecule has 0 aromatic heterocycles. The van der Waals surface area contributed by atoms with Crippen molar-refractivity contribution in [1.82, 2.24) is 0 Å². The molecule has 2 unspecified atom stereocenters. The molecule has 1 aliphatic carbocycles. The molecular weight excluding hydrogens is 229 g/mol. The highest BCUT2D eigenvalue weighted by molar-refractivity contribution is 6.20. The quantitative estimate of drug-likeness (QED) is 0.541. The van der Waals surface area contributed by atoms with Crippen LogP contribution in [0.15, 0.2) is 0 Å². The van der Waals surface area contributed by atoms with E-state index in [2.05, 4.69) is 4.74 Å². The SMILES string of the molecule is FC(F)(F)COCCC1CCCCC1Cl. The molecule has 0 saturated heterocycles. The first-order chi connectivity index (χ1) is 6.99. The van der Waals surface area contributed by atoms with Gasteiger partial charge in [-0.15, -0.1) is 11.6 Å². The normalized spacial score (nSPS) is 28.0. The summed E-state index contributed by atoms with van der Waals surface area (Å²) in [5.74, 6) is 0.327. The molecular formula is C10H16ClF3O. The first-order valence-electron chi connectivity index (χ1n) is 5.27.